The van der Waals surface area contributed by atoms with Gasteiger partial charge in [0.15, 0.2) is 0 Å². The Morgan fingerprint density at radius 1 is 0.938 bits per heavy atom. The molecule has 2 aliphatic heterocycles. The topological polar surface area (TPSA) is 42.0 Å². The first kappa shape index (κ1) is 22.8. The molecular weight excluding hydrogens is 400 g/mol. The van der Waals surface area contributed by atoms with Crippen LogP contribution >= 0.6 is 0 Å². The molecule has 0 unspecified atom stereocenters. The van der Waals surface area contributed by atoms with Crippen molar-refractivity contribution < 1.29 is 14.3 Å². The molecule has 2 bridgehead atoms. The predicted octanol–water partition coefficient (Wildman–Crippen LogP) is 4.52. The van der Waals surface area contributed by atoms with E-state index in [-0.39, 0.29) is 5.91 Å². The molecule has 0 aliphatic carbocycles. The van der Waals surface area contributed by atoms with Gasteiger partial charge in [-0.15, -0.1) is 0 Å². The van der Waals surface area contributed by atoms with E-state index in [1.54, 1.807) is 0 Å². The van der Waals surface area contributed by atoms with E-state index in [1.165, 1.54) is 30.4 Å². The summed E-state index contributed by atoms with van der Waals surface area (Å²) in [5.74, 6) is 0.984. The second kappa shape index (κ2) is 11.5. The molecule has 172 valence electrons. The van der Waals surface area contributed by atoms with Crippen LogP contribution in [0.1, 0.15) is 59.7 Å². The summed E-state index contributed by atoms with van der Waals surface area (Å²) in [5.41, 5.74) is 4.44. The van der Waals surface area contributed by atoms with E-state index >= 15 is 0 Å². The Balaban J connectivity index is 1.60. The number of fused-ring (bicyclic) bond motifs is 3. The molecule has 5 heteroatoms. The van der Waals surface area contributed by atoms with Crippen molar-refractivity contribution in [2.45, 2.75) is 45.6 Å². The fourth-order valence-corrected chi connectivity index (χ4v) is 4.64. The molecule has 2 aromatic rings. The van der Waals surface area contributed by atoms with Gasteiger partial charge in [-0.05, 0) is 73.7 Å². The molecule has 0 radical (unpaired) electrons. The van der Waals surface area contributed by atoms with Crippen LogP contribution in [0.3, 0.4) is 0 Å². The molecular formula is C27H36N2O3. The number of carbonyl (C=O) groups is 1. The maximum atomic E-state index is 13.0. The SMILES string of the molecule is CCCN1CCCCCOc2ccc(C(=O)N3CCOCC3)cc2Cc2cccc(c2)C1. The number of benzene rings is 2. The zero-order chi connectivity index (χ0) is 22.2. The van der Waals surface area contributed by atoms with Crippen molar-refractivity contribution in [2.24, 2.45) is 0 Å². The van der Waals surface area contributed by atoms with Gasteiger partial charge in [0, 0.05) is 31.6 Å². The predicted molar refractivity (Wildman–Crippen MR) is 127 cm³/mol. The van der Waals surface area contributed by atoms with E-state index in [4.69, 9.17) is 9.47 Å². The van der Waals surface area contributed by atoms with Crippen LogP contribution in [0.4, 0.5) is 0 Å². The largest absolute Gasteiger partial charge is 0.493 e. The van der Waals surface area contributed by atoms with E-state index in [9.17, 15) is 4.79 Å². The number of amides is 1. The third-order valence-electron chi connectivity index (χ3n) is 6.31. The van der Waals surface area contributed by atoms with E-state index < -0.39 is 0 Å². The molecule has 0 spiro atoms. The number of hydrogen-bond donors (Lipinski definition) is 0. The highest BCUT2D eigenvalue weighted by atomic mass is 16.5. The molecule has 1 fully saturated rings. The van der Waals surface area contributed by atoms with Gasteiger partial charge in [-0.3, -0.25) is 9.69 Å². The van der Waals surface area contributed by atoms with Crippen LogP contribution in [0.2, 0.25) is 0 Å². The van der Waals surface area contributed by atoms with Gasteiger partial charge in [0.2, 0.25) is 0 Å². The first-order valence-electron chi connectivity index (χ1n) is 12.2. The quantitative estimate of drug-likeness (QED) is 0.709. The minimum Gasteiger partial charge on any atom is -0.493 e. The smallest absolute Gasteiger partial charge is 0.254 e. The monoisotopic (exact) mass is 436 g/mol. The van der Waals surface area contributed by atoms with Crippen molar-refractivity contribution in [3.05, 3.63) is 64.7 Å². The second-order valence-electron chi connectivity index (χ2n) is 8.91. The molecule has 1 saturated heterocycles. The summed E-state index contributed by atoms with van der Waals surface area (Å²) in [6.45, 7) is 8.79. The Kier molecular flexibility index (Phi) is 8.18. The number of rotatable bonds is 3. The molecule has 2 aromatic carbocycles. The Bertz CT molecular complexity index is 892. The molecule has 5 nitrogen and oxygen atoms in total. The van der Waals surface area contributed by atoms with Gasteiger partial charge in [0.05, 0.1) is 19.8 Å². The van der Waals surface area contributed by atoms with Gasteiger partial charge < -0.3 is 14.4 Å². The van der Waals surface area contributed by atoms with Crippen LogP contribution in [-0.4, -0.2) is 61.7 Å². The average molecular weight is 437 g/mol. The zero-order valence-electron chi connectivity index (χ0n) is 19.4. The average Bonchev–Trinajstić information content (AvgIpc) is 2.82. The van der Waals surface area contributed by atoms with Crippen molar-refractivity contribution in [3.63, 3.8) is 0 Å². The number of ether oxygens (including phenoxy) is 2. The van der Waals surface area contributed by atoms with Gasteiger partial charge in [0.25, 0.3) is 5.91 Å². The second-order valence-corrected chi connectivity index (χ2v) is 8.91. The summed E-state index contributed by atoms with van der Waals surface area (Å²) >= 11 is 0. The Morgan fingerprint density at radius 3 is 2.62 bits per heavy atom. The highest BCUT2D eigenvalue weighted by Crippen LogP contribution is 2.26. The lowest BCUT2D eigenvalue weighted by Gasteiger charge is -2.27. The lowest BCUT2D eigenvalue weighted by molar-refractivity contribution is 0.0303. The molecule has 32 heavy (non-hydrogen) atoms. The van der Waals surface area contributed by atoms with Crippen LogP contribution in [-0.2, 0) is 17.7 Å². The summed E-state index contributed by atoms with van der Waals surface area (Å²) in [5, 5.41) is 0. The van der Waals surface area contributed by atoms with E-state index in [2.05, 4.69) is 36.1 Å². The van der Waals surface area contributed by atoms with Crippen LogP contribution in [0, 0.1) is 0 Å². The molecule has 0 saturated carbocycles. The first-order chi connectivity index (χ1) is 15.7. The van der Waals surface area contributed by atoms with E-state index in [1.807, 2.05) is 23.1 Å². The molecule has 2 heterocycles. The van der Waals surface area contributed by atoms with Gasteiger partial charge in [-0.2, -0.15) is 0 Å². The summed E-state index contributed by atoms with van der Waals surface area (Å²) in [6.07, 6.45) is 5.36. The van der Waals surface area contributed by atoms with Gasteiger partial charge in [0.1, 0.15) is 5.75 Å². The normalized spacial score (nSPS) is 18.3. The van der Waals surface area contributed by atoms with Gasteiger partial charge in [-0.25, -0.2) is 0 Å². The van der Waals surface area contributed by atoms with Crippen molar-refractivity contribution in [1.29, 1.82) is 0 Å². The maximum Gasteiger partial charge on any atom is 0.254 e. The first-order valence-corrected chi connectivity index (χ1v) is 12.2. The van der Waals surface area contributed by atoms with Crippen LogP contribution in [0.5, 0.6) is 5.75 Å². The standard InChI is InChI=1S/C27H36N2O3/c1-2-11-28-12-4-3-5-15-32-26-10-9-24(27(30)29-13-16-31-17-14-29)20-25(26)19-22-7-6-8-23(18-22)21-28/h6-10,18,20H,2-5,11-17,19,21H2,1H3. The summed E-state index contributed by atoms with van der Waals surface area (Å²) < 4.78 is 11.6. The van der Waals surface area contributed by atoms with E-state index in [0.717, 1.165) is 56.0 Å². The molecule has 0 atom stereocenters. The number of nitrogens with zero attached hydrogens (tertiary/aromatic N) is 2. The van der Waals surface area contributed by atoms with Crippen molar-refractivity contribution >= 4 is 5.91 Å². The highest BCUT2D eigenvalue weighted by Gasteiger charge is 2.20. The minimum atomic E-state index is 0.0828. The third-order valence-corrected chi connectivity index (χ3v) is 6.31. The van der Waals surface area contributed by atoms with Crippen LogP contribution < -0.4 is 4.74 Å². The fraction of sp³-hybridized carbons (Fsp3) is 0.519. The summed E-state index contributed by atoms with van der Waals surface area (Å²) in [4.78, 5) is 17.5. The number of hydrogen-bond acceptors (Lipinski definition) is 4. The van der Waals surface area contributed by atoms with Crippen molar-refractivity contribution in [3.8, 4) is 5.75 Å². The molecule has 4 rings (SSSR count). The van der Waals surface area contributed by atoms with Crippen LogP contribution in [0.25, 0.3) is 0 Å². The molecule has 2 aliphatic rings. The Labute approximate surface area is 192 Å². The van der Waals surface area contributed by atoms with Crippen molar-refractivity contribution in [2.75, 3.05) is 46.0 Å². The lowest BCUT2D eigenvalue weighted by atomic mass is 9.99. The van der Waals surface area contributed by atoms with Crippen LogP contribution in [0.15, 0.2) is 42.5 Å². The number of carbonyl (C=O) groups excluding carboxylic acids is 1. The molecule has 0 aromatic heterocycles. The van der Waals surface area contributed by atoms with Gasteiger partial charge >= 0.3 is 0 Å². The molecule has 0 N–H and O–H groups in total. The van der Waals surface area contributed by atoms with Crippen molar-refractivity contribution in [1.82, 2.24) is 9.80 Å². The fourth-order valence-electron chi connectivity index (χ4n) is 4.64. The third kappa shape index (κ3) is 6.11. The molecule has 1 amide bonds. The number of morpholine rings is 1. The zero-order valence-corrected chi connectivity index (χ0v) is 19.4. The maximum absolute atomic E-state index is 13.0. The highest BCUT2D eigenvalue weighted by molar-refractivity contribution is 5.94. The minimum absolute atomic E-state index is 0.0828. The summed E-state index contributed by atoms with van der Waals surface area (Å²) in [7, 11) is 0. The Hall–Kier alpha value is -2.37. The van der Waals surface area contributed by atoms with E-state index in [0.29, 0.717) is 26.3 Å². The Morgan fingerprint density at radius 2 is 1.78 bits per heavy atom. The lowest BCUT2D eigenvalue weighted by Crippen LogP contribution is -2.40. The summed E-state index contributed by atoms with van der Waals surface area (Å²) in [6, 6.07) is 14.8. The van der Waals surface area contributed by atoms with Gasteiger partial charge in [-0.1, -0.05) is 31.2 Å².